The Kier molecular flexibility index (Phi) is 4.11. The Labute approximate surface area is 145 Å². The quantitative estimate of drug-likeness (QED) is 0.771. The van der Waals surface area contributed by atoms with Crippen molar-refractivity contribution in [2.24, 2.45) is 0 Å². The number of rotatable bonds is 5. The third-order valence-corrected chi connectivity index (χ3v) is 4.35. The molecule has 1 aliphatic rings. The number of hydrogen-bond donors (Lipinski definition) is 1. The molecule has 1 saturated heterocycles. The van der Waals surface area contributed by atoms with Gasteiger partial charge in [-0.1, -0.05) is 30.3 Å². The Morgan fingerprint density at radius 3 is 2.60 bits per heavy atom. The van der Waals surface area contributed by atoms with Crippen LogP contribution < -0.4 is 4.74 Å². The molecule has 0 atom stereocenters. The van der Waals surface area contributed by atoms with Crippen molar-refractivity contribution >= 4 is 16.9 Å². The maximum absolute atomic E-state index is 12.4. The number of hydrogen-bond acceptors (Lipinski definition) is 4. The maximum Gasteiger partial charge on any atom is 0.242 e. The highest BCUT2D eigenvalue weighted by atomic mass is 16.5. The van der Waals surface area contributed by atoms with Crippen LogP contribution in [0.15, 0.2) is 54.6 Å². The molecule has 0 saturated carbocycles. The van der Waals surface area contributed by atoms with Crippen molar-refractivity contribution in [2.45, 2.75) is 19.3 Å². The number of para-hydroxylation sites is 3. The molecule has 2 aromatic carbocycles. The van der Waals surface area contributed by atoms with Crippen LogP contribution in [-0.4, -0.2) is 44.7 Å². The summed E-state index contributed by atoms with van der Waals surface area (Å²) in [5.74, 6) is 1.45. The van der Waals surface area contributed by atoms with E-state index < -0.39 is 6.10 Å². The zero-order valence-electron chi connectivity index (χ0n) is 13.7. The van der Waals surface area contributed by atoms with Crippen molar-refractivity contribution in [3.05, 3.63) is 60.4 Å². The number of fused-ring (bicyclic) bond motifs is 1. The van der Waals surface area contributed by atoms with Crippen molar-refractivity contribution < 1.29 is 14.6 Å². The molecule has 0 radical (unpaired) electrons. The van der Waals surface area contributed by atoms with E-state index in [4.69, 9.17) is 4.74 Å². The number of β-amino-alcohol motifs (C(OH)–C–C–N with tert-alkyl or cyclic N) is 1. The van der Waals surface area contributed by atoms with E-state index in [1.165, 1.54) is 0 Å². The van der Waals surface area contributed by atoms with E-state index in [-0.39, 0.29) is 19.1 Å². The first kappa shape index (κ1) is 15.7. The lowest BCUT2D eigenvalue weighted by Gasteiger charge is -2.36. The molecular weight excluding hydrogens is 318 g/mol. The van der Waals surface area contributed by atoms with Crippen molar-refractivity contribution in [3.8, 4) is 5.75 Å². The highest BCUT2D eigenvalue weighted by Gasteiger charge is 2.29. The first-order chi connectivity index (χ1) is 12.2. The van der Waals surface area contributed by atoms with Crippen molar-refractivity contribution in [1.29, 1.82) is 0 Å². The molecule has 0 unspecified atom stereocenters. The van der Waals surface area contributed by atoms with Crippen LogP contribution in [-0.2, 0) is 17.9 Å². The molecule has 2 heterocycles. The number of amides is 1. The third-order valence-electron chi connectivity index (χ3n) is 4.35. The number of nitrogens with zero attached hydrogens (tertiary/aromatic N) is 3. The van der Waals surface area contributed by atoms with Crippen LogP contribution >= 0.6 is 0 Å². The topological polar surface area (TPSA) is 67.6 Å². The summed E-state index contributed by atoms with van der Waals surface area (Å²) in [5.41, 5.74) is 1.74. The zero-order valence-corrected chi connectivity index (χ0v) is 13.7. The number of likely N-dealkylation sites (tertiary alicyclic amines) is 1. The minimum atomic E-state index is -0.399. The molecule has 1 fully saturated rings. The first-order valence-corrected chi connectivity index (χ1v) is 8.28. The van der Waals surface area contributed by atoms with Crippen molar-refractivity contribution in [2.75, 3.05) is 13.1 Å². The van der Waals surface area contributed by atoms with E-state index >= 15 is 0 Å². The Balaban J connectivity index is 1.58. The first-order valence-electron chi connectivity index (χ1n) is 8.28. The maximum atomic E-state index is 12.4. The van der Waals surface area contributed by atoms with E-state index in [9.17, 15) is 9.90 Å². The molecule has 128 valence electrons. The lowest BCUT2D eigenvalue weighted by atomic mass is 10.2. The highest BCUT2D eigenvalue weighted by Crippen LogP contribution is 2.19. The summed E-state index contributed by atoms with van der Waals surface area (Å²) in [7, 11) is 0. The summed E-state index contributed by atoms with van der Waals surface area (Å²) >= 11 is 0. The van der Waals surface area contributed by atoms with Gasteiger partial charge in [-0.3, -0.25) is 4.79 Å². The molecule has 25 heavy (non-hydrogen) atoms. The molecule has 0 aliphatic carbocycles. The fourth-order valence-corrected chi connectivity index (χ4v) is 2.97. The second-order valence-corrected chi connectivity index (χ2v) is 6.16. The molecule has 0 bridgehead atoms. The summed E-state index contributed by atoms with van der Waals surface area (Å²) in [4.78, 5) is 18.7. The average molecular weight is 337 g/mol. The predicted octanol–water partition coefficient (Wildman–Crippen LogP) is 1.82. The van der Waals surface area contributed by atoms with Gasteiger partial charge in [-0.05, 0) is 24.3 Å². The largest absolute Gasteiger partial charge is 0.486 e. The van der Waals surface area contributed by atoms with Gasteiger partial charge in [0.25, 0.3) is 0 Å². The van der Waals surface area contributed by atoms with Gasteiger partial charge in [-0.15, -0.1) is 0 Å². The molecule has 6 nitrogen and oxygen atoms in total. The Morgan fingerprint density at radius 2 is 1.84 bits per heavy atom. The van der Waals surface area contributed by atoms with E-state index in [1.54, 1.807) is 4.90 Å². The van der Waals surface area contributed by atoms with Crippen LogP contribution in [0.25, 0.3) is 11.0 Å². The number of benzene rings is 2. The van der Waals surface area contributed by atoms with Crippen LogP contribution in [0.2, 0.25) is 0 Å². The Morgan fingerprint density at radius 1 is 1.12 bits per heavy atom. The standard InChI is InChI=1S/C19H19N3O3/c23-14-10-21(11-14)19(24)12-22-17-9-5-4-8-16(17)20-18(22)13-25-15-6-2-1-3-7-15/h1-9,14,23H,10-13H2. The molecule has 3 aromatic rings. The van der Waals surface area contributed by atoms with Gasteiger partial charge in [-0.2, -0.15) is 0 Å². The van der Waals surface area contributed by atoms with Crippen LogP contribution in [0.3, 0.4) is 0 Å². The van der Waals surface area contributed by atoms with Gasteiger partial charge >= 0.3 is 0 Å². The van der Waals surface area contributed by atoms with E-state index in [0.29, 0.717) is 18.9 Å². The van der Waals surface area contributed by atoms with Crippen LogP contribution in [0.5, 0.6) is 5.75 Å². The molecule has 1 aromatic heterocycles. The number of ether oxygens (including phenoxy) is 1. The Bertz CT molecular complexity index is 885. The van der Waals surface area contributed by atoms with E-state index in [1.807, 2.05) is 59.2 Å². The average Bonchev–Trinajstić information content (AvgIpc) is 2.96. The summed E-state index contributed by atoms with van der Waals surface area (Å²) in [5, 5.41) is 9.40. The number of imidazole rings is 1. The Hall–Kier alpha value is -2.86. The molecular formula is C19H19N3O3. The lowest BCUT2D eigenvalue weighted by Crippen LogP contribution is -2.54. The predicted molar refractivity (Wildman–Crippen MR) is 93.1 cm³/mol. The van der Waals surface area contributed by atoms with Crippen LogP contribution in [0, 0.1) is 0 Å². The number of carbonyl (C=O) groups excluding carboxylic acids is 1. The highest BCUT2D eigenvalue weighted by molar-refractivity contribution is 5.81. The number of carbonyl (C=O) groups is 1. The van der Waals surface area contributed by atoms with Gasteiger partial charge in [0.1, 0.15) is 24.7 Å². The van der Waals surface area contributed by atoms with Gasteiger partial charge in [0.2, 0.25) is 5.91 Å². The molecule has 4 rings (SSSR count). The SMILES string of the molecule is O=C(Cn1c(COc2ccccc2)nc2ccccc21)N1CC(O)C1. The van der Waals surface area contributed by atoms with Crippen molar-refractivity contribution in [1.82, 2.24) is 14.5 Å². The second-order valence-electron chi connectivity index (χ2n) is 6.16. The van der Waals surface area contributed by atoms with Crippen LogP contribution in [0.1, 0.15) is 5.82 Å². The van der Waals surface area contributed by atoms with Gasteiger partial charge < -0.3 is 19.3 Å². The van der Waals surface area contributed by atoms with Gasteiger partial charge in [0.05, 0.1) is 17.1 Å². The summed E-state index contributed by atoms with van der Waals surface area (Å²) in [6.07, 6.45) is -0.399. The number of aliphatic hydroxyl groups excluding tert-OH is 1. The van der Waals surface area contributed by atoms with Crippen molar-refractivity contribution in [3.63, 3.8) is 0 Å². The zero-order chi connectivity index (χ0) is 17.2. The normalized spacial score (nSPS) is 14.5. The molecule has 6 heteroatoms. The summed E-state index contributed by atoms with van der Waals surface area (Å²) in [6.45, 7) is 1.29. The molecule has 0 spiro atoms. The summed E-state index contributed by atoms with van der Waals surface area (Å²) < 4.78 is 7.71. The fourth-order valence-electron chi connectivity index (χ4n) is 2.97. The molecule has 1 aliphatic heterocycles. The fraction of sp³-hybridized carbons (Fsp3) is 0.263. The minimum Gasteiger partial charge on any atom is -0.486 e. The van der Waals surface area contributed by atoms with E-state index in [0.717, 1.165) is 16.8 Å². The summed E-state index contributed by atoms with van der Waals surface area (Å²) in [6, 6.07) is 17.3. The number of aromatic nitrogens is 2. The second kappa shape index (κ2) is 6.57. The molecule has 1 amide bonds. The lowest BCUT2D eigenvalue weighted by molar-refractivity contribution is -0.141. The van der Waals surface area contributed by atoms with Gasteiger partial charge in [0.15, 0.2) is 0 Å². The minimum absolute atomic E-state index is 0.0191. The monoisotopic (exact) mass is 337 g/mol. The van der Waals surface area contributed by atoms with E-state index in [2.05, 4.69) is 4.98 Å². The number of aliphatic hydroxyl groups is 1. The smallest absolute Gasteiger partial charge is 0.242 e. The van der Waals surface area contributed by atoms with Gasteiger partial charge in [-0.25, -0.2) is 4.98 Å². The molecule has 1 N–H and O–H groups in total. The van der Waals surface area contributed by atoms with Gasteiger partial charge in [0, 0.05) is 13.1 Å². The van der Waals surface area contributed by atoms with Crippen LogP contribution in [0.4, 0.5) is 0 Å². The third kappa shape index (κ3) is 3.21.